The predicted octanol–water partition coefficient (Wildman–Crippen LogP) is 5.49. The molecule has 0 fully saturated rings. The number of hydrogen-bond acceptors (Lipinski definition) is 3. The predicted molar refractivity (Wildman–Crippen MR) is 114 cm³/mol. The zero-order valence-corrected chi connectivity index (χ0v) is 17.4. The van der Waals surface area contributed by atoms with Crippen molar-refractivity contribution in [1.82, 2.24) is 4.90 Å². The molecule has 6 heteroatoms. The summed E-state index contributed by atoms with van der Waals surface area (Å²) < 4.78 is 6.73. The topological polar surface area (TPSA) is 41.6 Å². The maximum atomic E-state index is 12.3. The van der Waals surface area contributed by atoms with Gasteiger partial charge in [-0.25, -0.2) is 0 Å². The molecule has 26 heavy (non-hydrogen) atoms. The van der Waals surface area contributed by atoms with E-state index in [1.54, 1.807) is 24.3 Å². The van der Waals surface area contributed by atoms with Crippen LogP contribution in [0.15, 0.2) is 53.0 Å². The van der Waals surface area contributed by atoms with E-state index in [-0.39, 0.29) is 5.91 Å². The van der Waals surface area contributed by atoms with Crippen molar-refractivity contribution in [2.24, 2.45) is 0 Å². The van der Waals surface area contributed by atoms with Crippen molar-refractivity contribution in [1.29, 1.82) is 0 Å². The molecule has 1 amide bonds. The number of halogens is 1. The lowest BCUT2D eigenvalue weighted by Gasteiger charge is -2.23. The number of nitrogens with one attached hydrogen (secondary N) is 1. The van der Waals surface area contributed by atoms with Gasteiger partial charge in [-0.15, -0.1) is 0 Å². The van der Waals surface area contributed by atoms with Gasteiger partial charge in [-0.2, -0.15) is 0 Å². The van der Waals surface area contributed by atoms with Gasteiger partial charge in [0.2, 0.25) is 0 Å². The minimum atomic E-state index is -0.167. The Bertz CT molecular complexity index is 726. The number of ether oxygens (including phenoxy) is 1. The lowest BCUT2D eigenvalue weighted by Crippen LogP contribution is -2.34. The van der Waals surface area contributed by atoms with Gasteiger partial charge in [-0.05, 0) is 73.6 Å². The molecule has 0 saturated carbocycles. The van der Waals surface area contributed by atoms with E-state index in [0.29, 0.717) is 16.5 Å². The zero-order valence-electron chi connectivity index (χ0n) is 15.0. The molecule has 2 aromatic carbocycles. The number of hydrogen-bond donors (Lipinski definition) is 1. The quantitative estimate of drug-likeness (QED) is 0.585. The molecule has 2 rings (SSSR count). The van der Waals surface area contributed by atoms with Crippen LogP contribution in [0.25, 0.3) is 0 Å². The molecule has 0 aliphatic rings. The number of benzene rings is 2. The highest BCUT2D eigenvalue weighted by atomic mass is 79.9. The van der Waals surface area contributed by atoms with Gasteiger partial charge >= 0.3 is 0 Å². The highest BCUT2D eigenvalue weighted by molar-refractivity contribution is 9.10. The molecule has 0 heterocycles. The molecule has 0 spiro atoms. The molecule has 138 valence electrons. The minimum absolute atomic E-state index is 0.167. The summed E-state index contributed by atoms with van der Waals surface area (Å²) >= 11 is 8.76. The van der Waals surface area contributed by atoms with Crippen LogP contribution in [0.3, 0.4) is 0 Å². The summed E-state index contributed by atoms with van der Waals surface area (Å²) in [5, 5.41) is 3.34. The molecule has 0 atom stereocenters. The summed E-state index contributed by atoms with van der Waals surface area (Å²) in [6.45, 7) is 5.98. The molecular weight excluding hydrogens is 412 g/mol. The first-order valence-corrected chi connectivity index (χ1v) is 9.87. The first-order valence-electron chi connectivity index (χ1n) is 8.67. The second-order valence-electron chi connectivity index (χ2n) is 5.84. The van der Waals surface area contributed by atoms with Crippen LogP contribution in [0, 0.1) is 0 Å². The Balaban J connectivity index is 1.97. The van der Waals surface area contributed by atoms with Crippen LogP contribution in [0.2, 0.25) is 0 Å². The fourth-order valence-corrected chi connectivity index (χ4v) is 2.95. The van der Waals surface area contributed by atoms with E-state index < -0.39 is 0 Å². The van der Waals surface area contributed by atoms with Gasteiger partial charge in [0.15, 0.2) is 0 Å². The van der Waals surface area contributed by atoms with E-state index in [1.165, 1.54) is 0 Å². The molecule has 4 nitrogen and oxygen atoms in total. The molecule has 0 saturated heterocycles. The van der Waals surface area contributed by atoms with Gasteiger partial charge in [0.1, 0.15) is 5.75 Å². The molecular formula is C20H23BrN2O2S. The third-order valence-corrected chi connectivity index (χ3v) is 4.54. The average Bonchev–Trinajstić information content (AvgIpc) is 2.64. The summed E-state index contributed by atoms with van der Waals surface area (Å²) in [6.07, 6.45) is 2.03. The van der Waals surface area contributed by atoms with E-state index in [1.807, 2.05) is 24.3 Å². The van der Waals surface area contributed by atoms with E-state index >= 15 is 0 Å². The standard InChI is InChI=1S/C20H23BrN2O2S/c1-3-13-23(14-4-2)20(26)25-18-11-5-15(6-12-18)19(24)22-17-9-7-16(21)8-10-17/h5-12H,3-4,13-14H2,1-2H3,(H,22,24). The van der Waals surface area contributed by atoms with Gasteiger partial charge in [0.05, 0.1) is 0 Å². The van der Waals surface area contributed by atoms with Crippen molar-refractivity contribution < 1.29 is 9.53 Å². The summed E-state index contributed by atoms with van der Waals surface area (Å²) in [6, 6.07) is 14.4. The molecule has 0 bridgehead atoms. The number of amides is 1. The number of anilines is 1. The number of nitrogens with zero attached hydrogens (tertiary/aromatic N) is 1. The van der Waals surface area contributed by atoms with Gasteiger partial charge in [0, 0.05) is 28.8 Å². The molecule has 0 aliphatic carbocycles. The van der Waals surface area contributed by atoms with Crippen LogP contribution in [0.5, 0.6) is 5.75 Å². The molecule has 1 N–H and O–H groups in total. The van der Waals surface area contributed by atoms with Crippen molar-refractivity contribution >= 4 is 44.9 Å². The van der Waals surface area contributed by atoms with E-state index in [2.05, 4.69) is 40.0 Å². The van der Waals surface area contributed by atoms with Gasteiger partial charge < -0.3 is 15.0 Å². The van der Waals surface area contributed by atoms with Crippen molar-refractivity contribution in [3.05, 3.63) is 58.6 Å². The van der Waals surface area contributed by atoms with Crippen LogP contribution >= 0.6 is 28.1 Å². The largest absolute Gasteiger partial charge is 0.432 e. The Morgan fingerprint density at radius 3 is 2.15 bits per heavy atom. The van der Waals surface area contributed by atoms with Crippen LogP contribution < -0.4 is 10.1 Å². The van der Waals surface area contributed by atoms with Crippen LogP contribution in [0.1, 0.15) is 37.0 Å². The fourth-order valence-electron chi connectivity index (χ4n) is 2.41. The normalized spacial score (nSPS) is 10.3. The number of thiocarbonyl (C=S) groups is 1. The van der Waals surface area contributed by atoms with Crippen LogP contribution in [-0.4, -0.2) is 29.1 Å². The van der Waals surface area contributed by atoms with E-state index in [4.69, 9.17) is 17.0 Å². The Labute approximate surface area is 168 Å². The smallest absolute Gasteiger partial charge is 0.264 e. The van der Waals surface area contributed by atoms with Crippen LogP contribution in [0.4, 0.5) is 5.69 Å². The first kappa shape index (κ1) is 20.4. The van der Waals surface area contributed by atoms with E-state index in [0.717, 1.165) is 36.1 Å². The Kier molecular flexibility index (Phi) is 8.06. The Morgan fingerprint density at radius 1 is 1.04 bits per heavy atom. The molecule has 2 aromatic rings. The van der Waals surface area contributed by atoms with Crippen molar-refractivity contribution in [3.8, 4) is 5.75 Å². The number of rotatable bonds is 7. The fraction of sp³-hybridized carbons (Fsp3) is 0.300. The van der Waals surface area contributed by atoms with Crippen molar-refractivity contribution in [2.45, 2.75) is 26.7 Å². The highest BCUT2D eigenvalue weighted by Crippen LogP contribution is 2.17. The van der Waals surface area contributed by atoms with Gasteiger partial charge in [0.25, 0.3) is 11.1 Å². The summed E-state index contributed by atoms with van der Waals surface area (Å²) in [4.78, 5) is 14.4. The second-order valence-corrected chi connectivity index (χ2v) is 7.11. The van der Waals surface area contributed by atoms with Gasteiger partial charge in [-0.1, -0.05) is 29.8 Å². The SMILES string of the molecule is CCCN(CCC)C(=S)Oc1ccc(C(=O)Nc2ccc(Br)cc2)cc1. The molecule has 0 unspecified atom stereocenters. The molecule has 0 radical (unpaired) electrons. The molecule has 0 aromatic heterocycles. The average molecular weight is 435 g/mol. The summed E-state index contributed by atoms with van der Waals surface area (Å²) in [5.74, 6) is 0.465. The lowest BCUT2D eigenvalue weighted by molar-refractivity contribution is 0.102. The highest BCUT2D eigenvalue weighted by Gasteiger charge is 2.11. The monoisotopic (exact) mass is 434 g/mol. The van der Waals surface area contributed by atoms with Crippen molar-refractivity contribution in [2.75, 3.05) is 18.4 Å². The maximum absolute atomic E-state index is 12.3. The van der Waals surface area contributed by atoms with Gasteiger partial charge in [-0.3, -0.25) is 4.79 Å². The molecule has 0 aliphatic heterocycles. The van der Waals surface area contributed by atoms with E-state index in [9.17, 15) is 4.79 Å². The van der Waals surface area contributed by atoms with Crippen molar-refractivity contribution in [3.63, 3.8) is 0 Å². The second kappa shape index (κ2) is 10.3. The van der Waals surface area contributed by atoms with Crippen LogP contribution in [-0.2, 0) is 0 Å². The number of carbonyl (C=O) groups is 1. The Morgan fingerprint density at radius 2 is 1.62 bits per heavy atom. The summed E-state index contributed by atoms with van der Waals surface area (Å²) in [7, 11) is 0. The first-order chi connectivity index (χ1) is 12.5. The lowest BCUT2D eigenvalue weighted by atomic mass is 10.2. The third kappa shape index (κ3) is 6.11. The number of carbonyl (C=O) groups excluding carboxylic acids is 1. The Hall–Kier alpha value is -1.92. The zero-order chi connectivity index (χ0) is 18.9. The third-order valence-electron chi connectivity index (χ3n) is 3.67. The summed E-state index contributed by atoms with van der Waals surface area (Å²) in [5.41, 5.74) is 1.31. The minimum Gasteiger partial charge on any atom is -0.432 e. The maximum Gasteiger partial charge on any atom is 0.264 e.